The molecule has 0 radical (unpaired) electrons. The van der Waals surface area contributed by atoms with Crippen LogP contribution in [0.2, 0.25) is 0 Å². The van der Waals surface area contributed by atoms with Crippen LogP contribution in [0.1, 0.15) is 44.9 Å². The van der Waals surface area contributed by atoms with Crippen LogP contribution in [0.3, 0.4) is 0 Å². The minimum absolute atomic E-state index is 0.399. The maximum absolute atomic E-state index is 6.07. The number of nitrogens with two attached hydrogens (primary N) is 1. The van der Waals surface area contributed by atoms with E-state index in [4.69, 9.17) is 10.5 Å². The van der Waals surface area contributed by atoms with E-state index in [0.29, 0.717) is 12.1 Å². The van der Waals surface area contributed by atoms with Crippen molar-refractivity contribution < 1.29 is 4.74 Å². The molecule has 1 heterocycles. The fraction of sp³-hybridized carbons (Fsp3) is 1.00. The summed E-state index contributed by atoms with van der Waals surface area (Å²) in [5.41, 5.74) is 6.07. The third-order valence-corrected chi connectivity index (χ3v) is 3.17. The summed E-state index contributed by atoms with van der Waals surface area (Å²) in [7, 11) is 0. The molecule has 0 spiro atoms. The zero-order valence-corrected chi connectivity index (χ0v) is 8.37. The molecule has 0 aromatic heterocycles. The molecule has 1 saturated heterocycles. The van der Waals surface area contributed by atoms with Crippen molar-refractivity contribution in [1.82, 2.24) is 0 Å². The van der Waals surface area contributed by atoms with Gasteiger partial charge in [0.2, 0.25) is 0 Å². The molecule has 1 aliphatic heterocycles. The van der Waals surface area contributed by atoms with Crippen molar-refractivity contribution in [3.05, 3.63) is 0 Å². The lowest BCUT2D eigenvalue weighted by Gasteiger charge is -2.25. The third-order valence-electron chi connectivity index (χ3n) is 3.17. The van der Waals surface area contributed by atoms with Gasteiger partial charge in [0.1, 0.15) is 0 Å². The highest BCUT2D eigenvalue weighted by atomic mass is 16.5. The van der Waals surface area contributed by atoms with E-state index >= 15 is 0 Å². The average molecular weight is 183 g/mol. The van der Waals surface area contributed by atoms with Crippen LogP contribution in [0.15, 0.2) is 0 Å². The summed E-state index contributed by atoms with van der Waals surface area (Å²) in [6.45, 7) is 0.959. The van der Waals surface area contributed by atoms with Gasteiger partial charge in [0.15, 0.2) is 0 Å². The maximum Gasteiger partial charge on any atom is 0.0589 e. The first kappa shape index (κ1) is 9.47. The van der Waals surface area contributed by atoms with Crippen molar-refractivity contribution in [3.8, 4) is 0 Å². The molecule has 2 atom stereocenters. The Hall–Kier alpha value is -0.0800. The van der Waals surface area contributed by atoms with Crippen LogP contribution in [0, 0.1) is 5.92 Å². The van der Waals surface area contributed by atoms with Gasteiger partial charge in [0, 0.05) is 12.6 Å². The second-order valence-electron chi connectivity index (χ2n) is 4.66. The van der Waals surface area contributed by atoms with Crippen molar-refractivity contribution in [3.63, 3.8) is 0 Å². The summed E-state index contributed by atoms with van der Waals surface area (Å²) in [5.74, 6) is 0.957. The molecule has 1 aliphatic carbocycles. The van der Waals surface area contributed by atoms with Gasteiger partial charge in [-0.2, -0.15) is 0 Å². The quantitative estimate of drug-likeness (QED) is 0.724. The molecule has 2 unspecified atom stereocenters. The molecule has 1 saturated carbocycles. The molecule has 2 aliphatic rings. The van der Waals surface area contributed by atoms with E-state index in [0.717, 1.165) is 18.9 Å². The van der Waals surface area contributed by atoms with Gasteiger partial charge in [0.25, 0.3) is 0 Å². The Balaban J connectivity index is 1.62. The second kappa shape index (κ2) is 4.43. The highest BCUT2D eigenvalue weighted by Gasteiger charge is 2.25. The molecular formula is C11H21NO. The summed E-state index contributed by atoms with van der Waals surface area (Å²) >= 11 is 0. The Kier molecular flexibility index (Phi) is 3.23. The van der Waals surface area contributed by atoms with Crippen molar-refractivity contribution >= 4 is 0 Å². The van der Waals surface area contributed by atoms with E-state index in [1.807, 2.05) is 0 Å². The van der Waals surface area contributed by atoms with Gasteiger partial charge in [-0.3, -0.25) is 0 Å². The van der Waals surface area contributed by atoms with Crippen molar-refractivity contribution in [2.24, 2.45) is 11.7 Å². The van der Waals surface area contributed by atoms with Crippen molar-refractivity contribution in [2.75, 3.05) is 6.61 Å². The van der Waals surface area contributed by atoms with E-state index in [-0.39, 0.29) is 0 Å². The summed E-state index contributed by atoms with van der Waals surface area (Å²) in [5, 5.41) is 0. The molecule has 2 fully saturated rings. The van der Waals surface area contributed by atoms with Crippen LogP contribution in [0.25, 0.3) is 0 Å². The van der Waals surface area contributed by atoms with E-state index in [1.54, 1.807) is 0 Å². The molecule has 2 N–H and O–H groups in total. The molecular weight excluding hydrogens is 162 g/mol. The first-order valence-electron chi connectivity index (χ1n) is 5.72. The highest BCUT2D eigenvalue weighted by molar-refractivity contribution is 4.80. The number of ether oxygens (including phenoxy) is 1. The van der Waals surface area contributed by atoms with Crippen LogP contribution in [0.4, 0.5) is 0 Å². The molecule has 13 heavy (non-hydrogen) atoms. The lowest BCUT2D eigenvalue weighted by molar-refractivity contribution is 0.00675. The predicted molar refractivity (Wildman–Crippen MR) is 53.5 cm³/mol. The normalized spacial score (nSPS) is 31.6. The van der Waals surface area contributed by atoms with Gasteiger partial charge in [-0.1, -0.05) is 12.8 Å². The predicted octanol–water partition coefficient (Wildman–Crippen LogP) is 2.07. The SMILES string of the molecule is NC(CC1CC1)CC1CCCCO1. The van der Waals surface area contributed by atoms with E-state index in [2.05, 4.69) is 0 Å². The Morgan fingerprint density at radius 2 is 2.00 bits per heavy atom. The molecule has 0 aromatic carbocycles. The monoisotopic (exact) mass is 183 g/mol. The lowest BCUT2D eigenvalue weighted by atomic mass is 9.99. The summed E-state index contributed by atoms with van der Waals surface area (Å²) in [4.78, 5) is 0. The van der Waals surface area contributed by atoms with Gasteiger partial charge in [-0.15, -0.1) is 0 Å². The van der Waals surface area contributed by atoms with E-state index in [9.17, 15) is 0 Å². The van der Waals surface area contributed by atoms with Gasteiger partial charge in [-0.25, -0.2) is 0 Å². The number of hydrogen-bond donors (Lipinski definition) is 1. The fourth-order valence-corrected chi connectivity index (χ4v) is 2.21. The minimum atomic E-state index is 0.399. The fourth-order valence-electron chi connectivity index (χ4n) is 2.21. The smallest absolute Gasteiger partial charge is 0.0589 e. The Bertz CT molecular complexity index is 150. The molecule has 76 valence electrons. The zero-order chi connectivity index (χ0) is 9.10. The van der Waals surface area contributed by atoms with Crippen LogP contribution >= 0.6 is 0 Å². The Labute approximate surface area is 80.8 Å². The highest BCUT2D eigenvalue weighted by Crippen LogP contribution is 2.34. The lowest BCUT2D eigenvalue weighted by Crippen LogP contribution is -2.30. The third kappa shape index (κ3) is 3.28. The first-order chi connectivity index (χ1) is 6.34. The van der Waals surface area contributed by atoms with Gasteiger partial charge < -0.3 is 10.5 Å². The molecule has 2 heteroatoms. The zero-order valence-electron chi connectivity index (χ0n) is 8.37. The summed E-state index contributed by atoms with van der Waals surface area (Å²) < 4.78 is 5.67. The van der Waals surface area contributed by atoms with E-state index < -0.39 is 0 Å². The van der Waals surface area contributed by atoms with Crippen LogP contribution in [0.5, 0.6) is 0 Å². The van der Waals surface area contributed by atoms with Crippen LogP contribution in [-0.4, -0.2) is 18.8 Å². The van der Waals surface area contributed by atoms with Gasteiger partial charge >= 0.3 is 0 Å². The molecule has 2 rings (SSSR count). The Morgan fingerprint density at radius 1 is 1.15 bits per heavy atom. The summed E-state index contributed by atoms with van der Waals surface area (Å²) in [6, 6.07) is 0.399. The standard InChI is InChI=1S/C11H21NO/c12-10(7-9-4-5-9)8-11-3-1-2-6-13-11/h9-11H,1-8,12H2. The van der Waals surface area contributed by atoms with Crippen LogP contribution < -0.4 is 5.73 Å². The van der Waals surface area contributed by atoms with E-state index in [1.165, 1.54) is 38.5 Å². The molecule has 0 bridgehead atoms. The summed E-state index contributed by atoms with van der Waals surface area (Å²) in [6.07, 6.45) is 9.45. The minimum Gasteiger partial charge on any atom is -0.378 e. The molecule has 0 amide bonds. The maximum atomic E-state index is 6.07. The average Bonchev–Trinajstić information content (AvgIpc) is 2.90. The topological polar surface area (TPSA) is 35.2 Å². The van der Waals surface area contributed by atoms with Crippen molar-refractivity contribution in [2.45, 2.75) is 57.1 Å². The van der Waals surface area contributed by atoms with Gasteiger partial charge in [-0.05, 0) is 38.0 Å². The van der Waals surface area contributed by atoms with Crippen molar-refractivity contribution in [1.29, 1.82) is 0 Å². The Morgan fingerprint density at radius 3 is 2.62 bits per heavy atom. The largest absolute Gasteiger partial charge is 0.378 e. The van der Waals surface area contributed by atoms with Gasteiger partial charge in [0.05, 0.1) is 6.10 Å². The number of rotatable bonds is 4. The molecule has 0 aromatic rings. The first-order valence-corrected chi connectivity index (χ1v) is 5.72. The molecule has 2 nitrogen and oxygen atoms in total. The van der Waals surface area contributed by atoms with Crippen LogP contribution in [-0.2, 0) is 4.74 Å². The number of hydrogen-bond acceptors (Lipinski definition) is 2. The second-order valence-corrected chi connectivity index (χ2v) is 4.66.